The lowest BCUT2D eigenvalue weighted by molar-refractivity contribution is -0.136. The van der Waals surface area contributed by atoms with Crippen LogP contribution < -0.4 is 20.1 Å². The van der Waals surface area contributed by atoms with Gasteiger partial charge in [-0.25, -0.2) is 4.98 Å². The van der Waals surface area contributed by atoms with Gasteiger partial charge in [-0.1, -0.05) is 24.3 Å². The van der Waals surface area contributed by atoms with Crippen LogP contribution in [-0.4, -0.2) is 102 Å². The van der Waals surface area contributed by atoms with Crippen molar-refractivity contribution >= 4 is 35.3 Å². The van der Waals surface area contributed by atoms with Gasteiger partial charge in [0.25, 0.3) is 17.7 Å². The lowest BCUT2D eigenvalue weighted by atomic mass is 10.0. The summed E-state index contributed by atoms with van der Waals surface area (Å²) in [7, 11) is 0. The fourth-order valence-electron chi connectivity index (χ4n) is 6.83. The van der Waals surface area contributed by atoms with Gasteiger partial charge in [-0.05, 0) is 65.8 Å². The number of ketones is 1. The number of carbonyl (C=O) groups is 6. The third kappa shape index (κ3) is 8.64. The number of Topliss-reactive ketones (excluding diaryl/α,β-unsaturated/α-hetero) is 1. The molecular formula is C41H39N5O10. The van der Waals surface area contributed by atoms with Gasteiger partial charge in [-0.2, -0.15) is 0 Å². The van der Waals surface area contributed by atoms with Gasteiger partial charge in [0.1, 0.15) is 18.4 Å². The van der Waals surface area contributed by atoms with Crippen LogP contribution in [0.4, 0.5) is 0 Å². The zero-order valence-corrected chi connectivity index (χ0v) is 30.4. The molecule has 4 aromatic rings. The van der Waals surface area contributed by atoms with Crippen LogP contribution in [0.2, 0.25) is 0 Å². The molecule has 7 rings (SSSR count). The molecule has 0 saturated carbocycles. The Morgan fingerprint density at radius 3 is 2.48 bits per heavy atom. The van der Waals surface area contributed by atoms with Gasteiger partial charge in [-0.3, -0.25) is 44.0 Å². The van der Waals surface area contributed by atoms with Crippen LogP contribution in [0.1, 0.15) is 57.5 Å². The fourth-order valence-corrected chi connectivity index (χ4v) is 6.83. The third-order valence-electron chi connectivity index (χ3n) is 9.61. The molecule has 0 spiro atoms. The second kappa shape index (κ2) is 17.4. The van der Waals surface area contributed by atoms with Gasteiger partial charge in [0, 0.05) is 61.8 Å². The molecule has 15 nitrogen and oxygen atoms in total. The highest BCUT2D eigenvalue weighted by atomic mass is 16.5. The summed E-state index contributed by atoms with van der Waals surface area (Å²) in [6.45, 7) is 0.990. The van der Waals surface area contributed by atoms with Crippen molar-refractivity contribution in [2.45, 2.75) is 38.1 Å². The molecule has 288 valence electrons. The van der Waals surface area contributed by atoms with Crippen LogP contribution in [0.25, 0.3) is 22.3 Å². The topological polar surface area (TPSA) is 192 Å². The van der Waals surface area contributed by atoms with E-state index in [4.69, 9.17) is 18.9 Å². The van der Waals surface area contributed by atoms with E-state index in [1.807, 2.05) is 18.5 Å². The molecule has 1 unspecified atom stereocenters. The third-order valence-corrected chi connectivity index (χ3v) is 9.61. The van der Waals surface area contributed by atoms with E-state index in [1.54, 1.807) is 12.3 Å². The Hall–Kier alpha value is -6.32. The van der Waals surface area contributed by atoms with Crippen molar-refractivity contribution < 1.29 is 47.7 Å². The minimum atomic E-state index is -1.10. The van der Waals surface area contributed by atoms with E-state index in [-0.39, 0.29) is 67.6 Å². The first kappa shape index (κ1) is 38.0. The molecule has 2 N–H and O–H groups in total. The molecule has 0 bridgehead atoms. The molecule has 56 heavy (non-hydrogen) atoms. The SMILES string of the molecule is O=C(CCCOCCOCCNC(=O)COc1ccc(-c2ccc3c(c2)Cc2ccncc2-3)cn1)COc1cccc2c1C(=O)N(C1CCC(=O)NC1=O)C2=O. The number of hydrogen-bond donors (Lipinski definition) is 2. The molecule has 0 radical (unpaired) electrons. The molecule has 4 heterocycles. The van der Waals surface area contributed by atoms with Gasteiger partial charge in [0.2, 0.25) is 17.7 Å². The number of benzene rings is 2. The van der Waals surface area contributed by atoms with Crippen LogP contribution in [0.3, 0.4) is 0 Å². The summed E-state index contributed by atoms with van der Waals surface area (Å²) in [4.78, 5) is 84.1. The second-order valence-electron chi connectivity index (χ2n) is 13.4. The summed E-state index contributed by atoms with van der Waals surface area (Å²) in [5.41, 5.74) is 6.99. The van der Waals surface area contributed by atoms with E-state index in [0.717, 1.165) is 22.4 Å². The summed E-state index contributed by atoms with van der Waals surface area (Å²) >= 11 is 0. The number of pyridine rings is 2. The van der Waals surface area contributed by atoms with Crippen molar-refractivity contribution in [2.24, 2.45) is 0 Å². The van der Waals surface area contributed by atoms with E-state index in [9.17, 15) is 28.8 Å². The maximum atomic E-state index is 13.2. The highest BCUT2D eigenvalue weighted by Crippen LogP contribution is 2.38. The lowest BCUT2D eigenvalue weighted by Crippen LogP contribution is -2.54. The summed E-state index contributed by atoms with van der Waals surface area (Å²) in [6, 6.07) is 15.5. The monoisotopic (exact) mass is 761 g/mol. The van der Waals surface area contributed by atoms with Crippen LogP contribution in [0.15, 0.2) is 73.2 Å². The second-order valence-corrected chi connectivity index (χ2v) is 13.4. The minimum absolute atomic E-state index is 0.0116. The van der Waals surface area contributed by atoms with Crippen LogP contribution in [0.5, 0.6) is 11.6 Å². The Bertz CT molecular complexity index is 2170. The Morgan fingerprint density at radius 2 is 1.66 bits per heavy atom. The quantitative estimate of drug-likeness (QED) is 0.0982. The number of ether oxygens (including phenoxy) is 4. The van der Waals surface area contributed by atoms with Gasteiger partial charge < -0.3 is 24.3 Å². The van der Waals surface area contributed by atoms with Gasteiger partial charge in [-0.15, -0.1) is 0 Å². The lowest BCUT2D eigenvalue weighted by Gasteiger charge is -2.27. The Kier molecular flexibility index (Phi) is 11.8. The molecule has 3 aliphatic rings. The maximum Gasteiger partial charge on any atom is 0.266 e. The summed E-state index contributed by atoms with van der Waals surface area (Å²) in [5.74, 6) is -2.64. The number of carbonyl (C=O) groups excluding carboxylic acids is 6. The van der Waals surface area contributed by atoms with E-state index in [2.05, 4.69) is 44.9 Å². The molecule has 5 amide bonds. The molecule has 1 aliphatic carbocycles. The van der Waals surface area contributed by atoms with E-state index < -0.39 is 29.7 Å². The van der Waals surface area contributed by atoms with Gasteiger partial charge >= 0.3 is 0 Å². The molecule has 1 atom stereocenters. The number of piperidine rings is 1. The number of nitrogens with one attached hydrogen (secondary N) is 2. The number of hydrogen-bond acceptors (Lipinski definition) is 12. The molecular weight excluding hydrogens is 722 g/mol. The zero-order chi connectivity index (χ0) is 39.0. The number of imide groups is 2. The molecule has 1 saturated heterocycles. The normalized spacial score (nSPS) is 15.6. The highest BCUT2D eigenvalue weighted by Gasteiger charge is 2.46. The molecule has 2 aromatic heterocycles. The van der Waals surface area contributed by atoms with Crippen LogP contribution >= 0.6 is 0 Å². The molecule has 2 aliphatic heterocycles. The van der Waals surface area contributed by atoms with E-state index in [1.165, 1.54) is 40.5 Å². The predicted molar refractivity (Wildman–Crippen MR) is 199 cm³/mol. The number of nitrogens with zero attached hydrogens (tertiary/aromatic N) is 3. The number of fused-ring (bicyclic) bond motifs is 4. The largest absolute Gasteiger partial charge is 0.485 e. The van der Waals surface area contributed by atoms with Crippen molar-refractivity contribution in [3.05, 3.63) is 95.4 Å². The zero-order valence-electron chi connectivity index (χ0n) is 30.4. The fraction of sp³-hybridized carbons (Fsp3) is 0.317. The van der Waals surface area contributed by atoms with Crippen molar-refractivity contribution in [1.29, 1.82) is 0 Å². The predicted octanol–water partition coefficient (Wildman–Crippen LogP) is 3.07. The van der Waals surface area contributed by atoms with Gasteiger partial charge in [0.05, 0.1) is 30.9 Å². The van der Waals surface area contributed by atoms with Gasteiger partial charge in [0.15, 0.2) is 12.4 Å². The first-order valence-electron chi connectivity index (χ1n) is 18.3. The average Bonchev–Trinajstić information content (AvgIpc) is 3.70. The maximum absolute atomic E-state index is 13.2. The Labute approximate surface area is 321 Å². The Balaban J connectivity index is 0.722. The van der Waals surface area contributed by atoms with Crippen molar-refractivity contribution in [2.75, 3.05) is 46.2 Å². The smallest absolute Gasteiger partial charge is 0.266 e. The molecule has 2 aromatic carbocycles. The van der Waals surface area contributed by atoms with Crippen molar-refractivity contribution in [3.63, 3.8) is 0 Å². The van der Waals surface area contributed by atoms with Crippen molar-refractivity contribution in [1.82, 2.24) is 25.5 Å². The summed E-state index contributed by atoms with van der Waals surface area (Å²) < 4.78 is 22.2. The minimum Gasteiger partial charge on any atom is -0.485 e. The summed E-state index contributed by atoms with van der Waals surface area (Å²) in [6.07, 6.45) is 6.99. The van der Waals surface area contributed by atoms with E-state index in [0.29, 0.717) is 38.7 Å². The standard InChI is InChI=1S/C41H39N5O10/c47-29(23-55-34-5-1-4-31-38(34)41(52)46(40(31)51)33-9-10-35(48)45-39(33)50)3-2-15-53-17-18-54-16-14-43-36(49)24-56-37-11-7-27(21-44-37)25-6-8-30-28(19-25)20-26-12-13-42-22-32(26)30/h1,4-8,11-13,19,21-22,33H,2-3,9-10,14-18,20,23-24H2,(H,43,49)(H,45,48,50). The molecule has 1 fully saturated rings. The Morgan fingerprint density at radius 1 is 0.821 bits per heavy atom. The first-order chi connectivity index (χ1) is 27.3. The number of amides is 5. The number of aromatic nitrogens is 2. The average molecular weight is 762 g/mol. The van der Waals surface area contributed by atoms with Crippen molar-refractivity contribution in [3.8, 4) is 33.9 Å². The first-order valence-corrected chi connectivity index (χ1v) is 18.3. The summed E-state index contributed by atoms with van der Waals surface area (Å²) in [5, 5.41) is 4.89. The van der Waals surface area contributed by atoms with E-state index >= 15 is 0 Å². The highest BCUT2D eigenvalue weighted by molar-refractivity contribution is 6.24. The number of rotatable bonds is 18. The van der Waals surface area contributed by atoms with Crippen LogP contribution in [-0.2, 0) is 35.1 Å². The van der Waals surface area contributed by atoms with Crippen LogP contribution in [0, 0.1) is 0 Å². The molecule has 15 heteroatoms.